The molecule has 1 fully saturated rings. The maximum absolute atomic E-state index is 11.4. The first-order chi connectivity index (χ1) is 7.69. The zero-order chi connectivity index (χ0) is 11.3. The Balaban J connectivity index is 2.06. The second-order valence-electron chi connectivity index (χ2n) is 4.12. The van der Waals surface area contributed by atoms with Gasteiger partial charge in [-0.15, -0.1) is 0 Å². The maximum Gasteiger partial charge on any atom is 0.302 e. The fraction of sp³-hybridized carbons (Fsp3) is 0.600. The van der Waals surface area contributed by atoms with Crippen molar-refractivity contribution in [2.75, 3.05) is 6.61 Å². The molecule has 0 unspecified atom stereocenters. The molecule has 0 radical (unpaired) electrons. The predicted molar refractivity (Wildman–Crippen MR) is 53.3 cm³/mol. The van der Waals surface area contributed by atoms with Crippen LogP contribution >= 0.6 is 0 Å². The van der Waals surface area contributed by atoms with E-state index in [9.17, 15) is 4.79 Å². The molecule has 1 aromatic rings. The van der Waals surface area contributed by atoms with Gasteiger partial charge in [0.1, 0.15) is 18.4 Å². The van der Waals surface area contributed by atoms with Gasteiger partial charge in [0.25, 0.3) is 5.56 Å². The Hall–Kier alpha value is -1.40. The molecule has 0 aromatic carbocycles. The highest BCUT2D eigenvalue weighted by Gasteiger charge is 2.42. The van der Waals surface area contributed by atoms with Crippen LogP contribution in [0.4, 0.5) is 0 Å². The van der Waals surface area contributed by atoms with E-state index in [1.165, 1.54) is 0 Å². The van der Waals surface area contributed by atoms with E-state index >= 15 is 0 Å². The topological polar surface area (TPSA) is 73.6 Å². The third-order valence-corrected chi connectivity index (χ3v) is 3.02. The molecule has 0 spiro atoms. The number of hydrogen-bond acceptors (Lipinski definition) is 5. The van der Waals surface area contributed by atoms with E-state index in [0.717, 1.165) is 0 Å². The lowest BCUT2D eigenvalue weighted by molar-refractivity contribution is -0.0247. The molecule has 2 bridgehead atoms. The third-order valence-electron chi connectivity index (χ3n) is 3.02. The molecule has 2 aliphatic rings. The Morgan fingerprint density at radius 2 is 2.50 bits per heavy atom. The number of aryl methyl sites for hydroxylation is 1. The fourth-order valence-electron chi connectivity index (χ4n) is 2.14. The van der Waals surface area contributed by atoms with Crippen LogP contribution < -0.4 is 10.3 Å². The zero-order valence-corrected chi connectivity index (χ0v) is 8.79. The largest absolute Gasteiger partial charge is 0.458 e. The number of ether oxygens (including phenoxy) is 2. The molecule has 6 heteroatoms. The summed E-state index contributed by atoms with van der Waals surface area (Å²) in [5, 5.41) is 9.10. The lowest BCUT2D eigenvalue weighted by atomic mass is 10.1. The molecule has 16 heavy (non-hydrogen) atoms. The van der Waals surface area contributed by atoms with Gasteiger partial charge >= 0.3 is 6.01 Å². The van der Waals surface area contributed by atoms with Crippen molar-refractivity contribution in [3.8, 4) is 6.01 Å². The Morgan fingerprint density at radius 3 is 3.25 bits per heavy atom. The smallest absolute Gasteiger partial charge is 0.302 e. The summed E-state index contributed by atoms with van der Waals surface area (Å²) in [5.74, 6) is 0. The van der Waals surface area contributed by atoms with Crippen molar-refractivity contribution in [1.82, 2.24) is 9.55 Å². The van der Waals surface area contributed by atoms with Crippen LogP contribution in [0.3, 0.4) is 0 Å². The highest BCUT2D eigenvalue weighted by atomic mass is 16.6. The number of fused-ring (bicyclic) bond motifs is 4. The van der Waals surface area contributed by atoms with E-state index in [4.69, 9.17) is 14.6 Å². The standard InChI is InChI=1S/C10H12N2O4/c1-5-3-12-8-2-6(7(4-13)15-8)16-10(12)11-9(5)14/h3,6-8,13H,2,4H2,1H3/t6-,7-,8+/m1/s1. The monoisotopic (exact) mass is 224 g/mol. The molecular weight excluding hydrogens is 212 g/mol. The van der Waals surface area contributed by atoms with Crippen LogP contribution in [0.15, 0.2) is 11.0 Å². The minimum absolute atomic E-state index is 0.0844. The maximum atomic E-state index is 11.4. The Morgan fingerprint density at radius 1 is 1.69 bits per heavy atom. The molecule has 1 aromatic heterocycles. The van der Waals surface area contributed by atoms with Crippen LogP contribution in [0.25, 0.3) is 0 Å². The van der Waals surface area contributed by atoms with Crippen LogP contribution in [0.2, 0.25) is 0 Å². The molecule has 0 amide bonds. The summed E-state index contributed by atoms with van der Waals surface area (Å²) in [5.41, 5.74) is 0.273. The highest BCUT2D eigenvalue weighted by Crippen LogP contribution is 2.37. The molecule has 6 nitrogen and oxygen atoms in total. The molecule has 86 valence electrons. The summed E-state index contributed by atoms with van der Waals surface area (Å²) in [4.78, 5) is 15.2. The number of rotatable bonds is 1. The van der Waals surface area contributed by atoms with Crippen LogP contribution in [-0.4, -0.2) is 33.5 Å². The van der Waals surface area contributed by atoms with Crippen LogP contribution in [0.1, 0.15) is 18.2 Å². The summed E-state index contributed by atoms with van der Waals surface area (Å²) in [7, 11) is 0. The van der Waals surface area contributed by atoms with E-state index in [0.29, 0.717) is 12.0 Å². The molecular formula is C10H12N2O4. The molecule has 3 atom stereocenters. The van der Waals surface area contributed by atoms with Crippen molar-refractivity contribution in [3.63, 3.8) is 0 Å². The van der Waals surface area contributed by atoms with Crippen molar-refractivity contribution >= 4 is 0 Å². The van der Waals surface area contributed by atoms with E-state index in [1.54, 1.807) is 17.7 Å². The van der Waals surface area contributed by atoms with Gasteiger partial charge in [-0.05, 0) is 6.92 Å². The van der Waals surface area contributed by atoms with Crippen LogP contribution in [-0.2, 0) is 4.74 Å². The van der Waals surface area contributed by atoms with Gasteiger partial charge < -0.3 is 14.6 Å². The fourth-order valence-corrected chi connectivity index (χ4v) is 2.14. The summed E-state index contributed by atoms with van der Waals surface area (Å²) in [6, 6.07) is 0.285. The average Bonchev–Trinajstić information content (AvgIpc) is 2.60. The van der Waals surface area contributed by atoms with Gasteiger partial charge in [0.15, 0.2) is 0 Å². The van der Waals surface area contributed by atoms with Gasteiger partial charge in [0, 0.05) is 18.2 Å². The molecule has 0 aliphatic carbocycles. The molecule has 3 rings (SSSR count). The van der Waals surface area contributed by atoms with Crippen molar-refractivity contribution in [1.29, 1.82) is 0 Å². The van der Waals surface area contributed by atoms with E-state index in [1.807, 2.05) is 0 Å². The van der Waals surface area contributed by atoms with Crippen LogP contribution in [0, 0.1) is 6.92 Å². The van der Waals surface area contributed by atoms with Gasteiger partial charge in [0.05, 0.1) is 6.61 Å². The van der Waals surface area contributed by atoms with Gasteiger partial charge in [-0.1, -0.05) is 0 Å². The number of aliphatic hydroxyl groups excluding tert-OH is 1. The molecule has 3 heterocycles. The summed E-state index contributed by atoms with van der Waals surface area (Å²) < 4.78 is 12.8. The number of aliphatic hydroxyl groups is 1. The van der Waals surface area contributed by atoms with Crippen molar-refractivity contribution in [3.05, 3.63) is 22.1 Å². The number of aromatic nitrogens is 2. The number of hydrogen-bond donors (Lipinski definition) is 1. The Bertz CT molecular complexity index is 484. The van der Waals surface area contributed by atoms with Gasteiger partial charge in [-0.3, -0.25) is 9.36 Å². The van der Waals surface area contributed by atoms with Gasteiger partial charge in [-0.25, -0.2) is 0 Å². The lowest BCUT2D eigenvalue weighted by Gasteiger charge is -2.23. The number of nitrogens with zero attached hydrogens (tertiary/aromatic N) is 2. The Labute approximate surface area is 91.4 Å². The average molecular weight is 224 g/mol. The minimum atomic E-state index is -0.331. The molecule has 1 N–H and O–H groups in total. The van der Waals surface area contributed by atoms with E-state index in [2.05, 4.69) is 4.98 Å². The van der Waals surface area contributed by atoms with Crippen molar-refractivity contribution < 1.29 is 14.6 Å². The summed E-state index contributed by atoms with van der Waals surface area (Å²) >= 11 is 0. The molecule has 2 aliphatic heterocycles. The minimum Gasteiger partial charge on any atom is -0.458 e. The van der Waals surface area contributed by atoms with Gasteiger partial charge in [-0.2, -0.15) is 4.98 Å². The second kappa shape index (κ2) is 3.29. The first-order valence-corrected chi connectivity index (χ1v) is 5.22. The Kier molecular flexibility index (Phi) is 2.02. The summed E-state index contributed by atoms with van der Waals surface area (Å²) in [6.07, 6.45) is 1.65. The predicted octanol–water partition coefficient (Wildman–Crippen LogP) is -0.407. The zero-order valence-electron chi connectivity index (χ0n) is 8.79. The molecule has 0 saturated carbocycles. The van der Waals surface area contributed by atoms with Gasteiger partial charge in [0.2, 0.25) is 0 Å². The highest BCUT2D eigenvalue weighted by molar-refractivity contribution is 5.12. The van der Waals surface area contributed by atoms with Crippen molar-refractivity contribution in [2.24, 2.45) is 0 Å². The first-order valence-electron chi connectivity index (χ1n) is 5.22. The van der Waals surface area contributed by atoms with E-state index < -0.39 is 0 Å². The normalized spacial score (nSPS) is 31.0. The first kappa shape index (κ1) is 9.80. The second-order valence-corrected chi connectivity index (χ2v) is 4.12. The third kappa shape index (κ3) is 1.27. The quantitative estimate of drug-likeness (QED) is 0.702. The lowest BCUT2D eigenvalue weighted by Crippen LogP contribution is -2.33. The SMILES string of the molecule is Cc1cn2c(nc1=O)O[C@@H]1C[C@@H]2O[C@@H]1CO. The summed E-state index contributed by atoms with van der Waals surface area (Å²) in [6.45, 7) is 1.62. The van der Waals surface area contributed by atoms with Crippen molar-refractivity contribution in [2.45, 2.75) is 31.8 Å². The van der Waals surface area contributed by atoms with Crippen LogP contribution in [0.5, 0.6) is 6.01 Å². The molecule has 1 saturated heterocycles. The van der Waals surface area contributed by atoms with E-state index in [-0.39, 0.29) is 36.6 Å².